The molecule has 0 atom stereocenters. The molecule has 0 saturated carbocycles. The normalized spacial score (nSPS) is 14.6. The molecule has 1 aromatic carbocycles. The molecule has 0 fully saturated rings. The van der Waals surface area contributed by atoms with Crippen molar-refractivity contribution in [1.82, 2.24) is 0 Å². The summed E-state index contributed by atoms with van der Waals surface area (Å²) in [5, 5.41) is 0.695. The quantitative estimate of drug-likeness (QED) is 0.750. The van der Waals surface area contributed by atoms with Gasteiger partial charge >= 0.3 is 0 Å². The summed E-state index contributed by atoms with van der Waals surface area (Å²) in [5.41, 5.74) is 2.86. The number of Topliss-reactive ketones (excluding diaryl/α,β-unsaturated/α-hetero) is 1. The number of hydrogen-bond acceptors (Lipinski definition) is 2. The second kappa shape index (κ2) is 3.71. The van der Waals surface area contributed by atoms with E-state index in [1.807, 2.05) is 6.07 Å². The molecular formula is C11H11ClO2. The van der Waals surface area contributed by atoms with Gasteiger partial charge in [0.25, 0.3) is 0 Å². The third-order valence-electron chi connectivity index (χ3n) is 2.57. The standard InChI is InChI=1S/C11H11ClO2/c1-14-6-9-7-3-5-11(13)8(7)2-4-10(9)12/h2,4H,3,5-6H2,1H3. The zero-order valence-corrected chi connectivity index (χ0v) is 8.73. The fourth-order valence-electron chi connectivity index (χ4n) is 1.88. The fraction of sp³-hybridized carbons (Fsp3) is 0.364. The fourth-order valence-corrected chi connectivity index (χ4v) is 2.12. The van der Waals surface area contributed by atoms with Gasteiger partial charge in [0.2, 0.25) is 0 Å². The number of halogens is 1. The van der Waals surface area contributed by atoms with Gasteiger partial charge in [0.15, 0.2) is 5.78 Å². The average Bonchev–Trinajstić information content (AvgIpc) is 2.53. The lowest BCUT2D eigenvalue weighted by atomic mass is 10.0. The molecule has 0 unspecified atom stereocenters. The summed E-state index contributed by atoms with van der Waals surface area (Å²) in [6, 6.07) is 3.59. The van der Waals surface area contributed by atoms with Crippen molar-refractivity contribution in [3.8, 4) is 0 Å². The third-order valence-corrected chi connectivity index (χ3v) is 2.92. The molecule has 1 aliphatic rings. The van der Waals surface area contributed by atoms with Gasteiger partial charge in [-0.15, -0.1) is 0 Å². The van der Waals surface area contributed by atoms with E-state index in [2.05, 4.69) is 0 Å². The molecule has 14 heavy (non-hydrogen) atoms. The number of methoxy groups -OCH3 is 1. The summed E-state index contributed by atoms with van der Waals surface area (Å²) in [6.07, 6.45) is 1.40. The Labute approximate surface area is 87.8 Å². The summed E-state index contributed by atoms with van der Waals surface area (Å²) in [4.78, 5) is 11.4. The van der Waals surface area contributed by atoms with E-state index in [4.69, 9.17) is 16.3 Å². The maximum Gasteiger partial charge on any atom is 0.163 e. The predicted molar refractivity (Wildman–Crippen MR) is 54.8 cm³/mol. The van der Waals surface area contributed by atoms with Crippen molar-refractivity contribution in [3.05, 3.63) is 33.8 Å². The minimum Gasteiger partial charge on any atom is -0.380 e. The van der Waals surface area contributed by atoms with Gasteiger partial charge in [-0.05, 0) is 24.1 Å². The highest BCUT2D eigenvalue weighted by Gasteiger charge is 2.23. The number of fused-ring (bicyclic) bond motifs is 1. The van der Waals surface area contributed by atoms with Crippen molar-refractivity contribution in [3.63, 3.8) is 0 Å². The summed E-state index contributed by atoms with van der Waals surface area (Å²) < 4.78 is 5.07. The zero-order chi connectivity index (χ0) is 10.1. The molecule has 0 spiro atoms. The molecule has 74 valence electrons. The van der Waals surface area contributed by atoms with Crippen LogP contribution in [0.1, 0.15) is 27.9 Å². The molecule has 0 amide bonds. The van der Waals surface area contributed by atoms with Crippen molar-refractivity contribution in [2.45, 2.75) is 19.4 Å². The first kappa shape index (κ1) is 9.69. The van der Waals surface area contributed by atoms with Gasteiger partial charge in [0.1, 0.15) is 0 Å². The first-order chi connectivity index (χ1) is 6.74. The van der Waals surface area contributed by atoms with E-state index < -0.39 is 0 Å². The van der Waals surface area contributed by atoms with Crippen LogP contribution in [0.3, 0.4) is 0 Å². The number of rotatable bonds is 2. The molecule has 0 aliphatic heterocycles. The zero-order valence-electron chi connectivity index (χ0n) is 7.97. The van der Waals surface area contributed by atoms with Gasteiger partial charge in [0.05, 0.1) is 6.61 Å². The Morgan fingerprint density at radius 3 is 2.93 bits per heavy atom. The second-order valence-corrected chi connectivity index (χ2v) is 3.82. The first-order valence-corrected chi connectivity index (χ1v) is 4.94. The summed E-state index contributed by atoms with van der Waals surface area (Å²) >= 11 is 6.04. The van der Waals surface area contributed by atoms with E-state index in [-0.39, 0.29) is 5.78 Å². The molecule has 0 saturated heterocycles. The molecule has 2 rings (SSSR count). The van der Waals surface area contributed by atoms with Crippen molar-refractivity contribution in [1.29, 1.82) is 0 Å². The Kier molecular flexibility index (Phi) is 2.57. The maximum absolute atomic E-state index is 11.4. The number of ether oxygens (including phenoxy) is 1. The van der Waals surface area contributed by atoms with Crippen LogP contribution >= 0.6 is 11.6 Å². The summed E-state index contributed by atoms with van der Waals surface area (Å²) in [6.45, 7) is 0.481. The Balaban J connectivity index is 2.53. The highest BCUT2D eigenvalue weighted by atomic mass is 35.5. The second-order valence-electron chi connectivity index (χ2n) is 3.41. The number of carbonyl (C=O) groups is 1. The van der Waals surface area contributed by atoms with Gasteiger partial charge in [0, 0.05) is 29.7 Å². The number of ketones is 1. The van der Waals surface area contributed by atoms with E-state index in [1.54, 1.807) is 13.2 Å². The molecule has 0 N–H and O–H groups in total. The highest BCUT2D eigenvalue weighted by molar-refractivity contribution is 6.31. The smallest absolute Gasteiger partial charge is 0.163 e. The molecule has 0 heterocycles. The Morgan fingerprint density at radius 2 is 2.21 bits per heavy atom. The molecule has 0 bridgehead atoms. The predicted octanol–water partition coefficient (Wildman–Crippen LogP) is 2.62. The topological polar surface area (TPSA) is 26.3 Å². The van der Waals surface area contributed by atoms with Gasteiger partial charge in [-0.2, -0.15) is 0 Å². The monoisotopic (exact) mass is 210 g/mol. The molecular weight excluding hydrogens is 200 g/mol. The molecule has 1 aromatic rings. The van der Waals surface area contributed by atoms with Crippen LogP contribution in [-0.4, -0.2) is 12.9 Å². The maximum atomic E-state index is 11.4. The van der Waals surface area contributed by atoms with Crippen molar-refractivity contribution in [2.24, 2.45) is 0 Å². The third kappa shape index (κ3) is 1.45. The first-order valence-electron chi connectivity index (χ1n) is 4.56. The lowest BCUT2D eigenvalue weighted by Gasteiger charge is -2.08. The largest absolute Gasteiger partial charge is 0.380 e. The van der Waals surface area contributed by atoms with E-state index >= 15 is 0 Å². The van der Waals surface area contributed by atoms with Crippen LogP contribution in [0.4, 0.5) is 0 Å². The van der Waals surface area contributed by atoms with E-state index in [0.717, 1.165) is 23.1 Å². The number of carbonyl (C=O) groups excluding carboxylic acids is 1. The van der Waals surface area contributed by atoms with Crippen LogP contribution in [0.15, 0.2) is 12.1 Å². The van der Waals surface area contributed by atoms with Crippen LogP contribution in [0.2, 0.25) is 5.02 Å². The molecule has 0 aromatic heterocycles. The van der Waals surface area contributed by atoms with E-state index in [0.29, 0.717) is 18.1 Å². The van der Waals surface area contributed by atoms with Crippen molar-refractivity contribution >= 4 is 17.4 Å². The van der Waals surface area contributed by atoms with Crippen LogP contribution in [0.25, 0.3) is 0 Å². The van der Waals surface area contributed by atoms with E-state index in [1.165, 1.54) is 0 Å². The van der Waals surface area contributed by atoms with Gasteiger partial charge in [-0.1, -0.05) is 11.6 Å². The van der Waals surface area contributed by atoms with Crippen LogP contribution in [0, 0.1) is 0 Å². The Hall–Kier alpha value is -0.860. The van der Waals surface area contributed by atoms with Crippen LogP contribution in [-0.2, 0) is 17.8 Å². The molecule has 0 radical (unpaired) electrons. The van der Waals surface area contributed by atoms with Gasteiger partial charge < -0.3 is 4.74 Å². The Bertz CT molecular complexity index is 385. The average molecular weight is 211 g/mol. The van der Waals surface area contributed by atoms with Crippen LogP contribution in [0.5, 0.6) is 0 Å². The minimum atomic E-state index is 0.217. The number of benzene rings is 1. The van der Waals surface area contributed by atoms with Crippen molar-refractivity contribution in [2.75, 3.05) is 7.11 Å². The van der Waals surface area contributed by atoms with Crippen LogP contribution < -0.4 is 0 Å². The lowest BCUT2D eigenvalue weighted by Crippen LogP contribution is -1.98. The van der Waals surface area contributed by atoms with E-state index in [9.17, 15) is 4.79 Å². The lowest BCUT2D eigenvalue weighted by molar-refractivity contribution is 0.0994. The SMILES string of the molecule is COCc1c(Cl)ccc2c1CCC2=O. The molecule has 2 nitrogen and oxygen atoms in total. The van der Waals surface area contributed by atoms with Gasteiger partial charge in [-0.25, -0.2) is 0 Å². The highest BCUT2D eigenvalue weighted by Crippen LogP contribution is 2.30. The van der Waals surface area contributed by atoms with Crippen molar-refractivity contribution < 1.29 is 9.53 Å². The minimum absolute atomic E-state index is 0.217. The van der Waals surface area contributed by atoms with Gasteiger partial charge in [-0.3, -0.25) is 4.79 Å². The summed E-state index contributed by atoms with van der Waals surface area (Å²) in [5.74, 6) is 0.217. The summed E-state index contributed by atoms with van der Waals surface area (Å²) in [7, 11) is 1.63. The molecule has 3 heteroatoms. The Morgan fingerprint density at radius 1 is 1.43 bits per heavy atom. The number of hydrogen-bond donors (Lipinski definition) is 0. The molecule has 1 aliphatic carbocycles.